The number of rotatable bonds is 4. The van der Waals surface area contributed by atoms with Crippen LogP contribution in [-0.4, -0.2) is 28.5 Å². The molecular formula is C15H25N3O. The zero-order valence-electron chi connectivity index (χ0n) is 11.9. The van der Waals surface area contributed by atoms with E-state index in [2.05, 4.69) is 29.2 Å². The van der Waals surface area contributed by atoms with Gasteiger partial charge in [-0.25, -0.2) is 0 Å². The van der Waals surface area contributed by atoms with Crippen LogP contribution in [0.2, 0.25) is 0 Å². The molecule has 2 aliphatic rings. The minimum atomic E-state index is 0.134. The molecule has 0 spiro atoms. The van der Waals surface area contributed by atoms with E-state index in [1.807, 2.05) is 0 Å². The Morgan fingerprint density at radius 3 is 3.00 bits per heavy atom. The molecule has 1 aliphatic heterocycles. The Morgan fingerprint density at radius 2 is 2.26 bits per heavy atom. The molecule has 4 nitrogen and oxygen atoms in total. The lowest BCUT2D eigenvalue weighted by Gasteiger charge is -2.23. The van der Waals surface area contributed by atoms with Crippen LogP contribution in [0.25, 0.3) is 0 Å². The molecule has 1 saturated carbocycles. The highest BCUT2D eigenvalue weighted by Gasteiger charge is 2.29. The smallest absolute Gasteiger partial charge is 0.0762 e. The molecule has 1 aromatic rings. The minimum Gasteiger partial charge on any atom is -0.379 e. The van der Waals surface area contributed by atoms with Crippen molar-refractivity contribution in [2.45, 2.75) is 63.6 Å². The van der Waals surface area contributed by atoms with Crippen LogP contribution in [0.4, 0.5) is 0 Å². The topological polar surface area (TPSA) is 39.1 Å². The van der Waals surface area contributed by atoms with Gasteiger partial charge in [0, 0.05) is 24.9 Å². The summed E-state index contributed by atoms with van der Waals surface area (Å²) in [5.41, 5.74) is 1.29. The second kappa shape index (κ2) is 5.63. The molecule has 19 heavy (non-hydrogen) atoms. The van der Waals surface area contributed by atoms with E-state index in [4.69, 9.17) is 9.84 Å². The van der Waals surface area contributed by atoms with Gasteiger partial charge in [0.1, 0.15) is 0 Å². The van der Waals surface area contributed by atoms with Crippen LogP contribution in [0.15, 0.2) is 12.3 Å². The molecule has 1 aliphatic carbocycles. The van der Waals surface area contributed by atoms with Crippen molar-refractivity contribution in [3.05, 3.63) is 18.0 Å². The van der Waals surface area contributed by atoms with Gasteiger partial charge in [0.05, 0.1) is 18.3 Å². The van der Waals surface area contributed by atoms with Gasteiger partial charge in [0.25, 0.3) is 0 Å². The molecule has 2 fully saturated rings. The lowest BCUT2D eigenvalue weighted by Crippen LogP contribution is -2.42. The van der Waals surface area contributed by atoms with Crippen molar-refractivity contribution < 1.29 is 4.74 Å². The van der Waals surface area contributed by atoms with E-state index >= 15 is 0 Å². The summed E-state index contributed by atoms with van der Waals surface area (Å²) in [7, 11) is 0. The number of hydrogen-bond donors (Lipinski definition) is 1. The van der Waals surface area contributed by atoms with Crippen LogP contribution in [0.1, 0.15) is 57.2 Å². The van der Waals surface area contributed by atoms with Crippen molar-refractivity contribution >= 4 is 0 Å². The first-order valence-corrected chi connectivity index (χ1v) is 7.62. The Kier molecular flexibility index (Phi) is 3.89. The monoisotopic (exact) mass is 263 g/mol. The zero-order chi connectivity index (χ0) is 13.1. The summed E-state index contributed by atoms with van der Waals surface area (Å²) in [6, 6.07) is 2.79. The summed E-state index contributed by atoms with van der Waals surface area (Å²) in [4.78, 5) is 0. The van der Waals surface area contributed by atoms with E-state index in [1.165, 1.54) is 32.1 Å². The zero-order valence-corrected chi connectivity index (χ0v) is 11.9. The van der Waals surface area contributed by atoms with Gasteiger partial charge in [-0.2, -0.15) is 5.10 Å². The standard InChI is InChI=1S/C15H25N3O/c1-15(8-10-19-12-15)16-11-13-7-9-18(17-13)14-5-3-2-4-6-14/h7,9,14,16H,2-6,8,10-12H2,1H3. The van der Waals surface area contributed by atoms with Crippen molar-refractivity contribution in [2.75, 3.05) is 13.2 Å². The molecule has 1 N–H and O–H groups in total. The maximum Gasteiger partial charge on any atom is 0.0762 e. The van der Waals surface area contributed by atoms with E-state index < -0.39 is 0 Å². The molecule has 0 aromatic carbocycles. The fourth-order valence-corrected chi connectivity index (χ4v) is 3.13. The summed E-state index contributed by atoms with van der Waals surface area (Å²) < 4.78 is 7.64. The van der Waals surface area contributed by atoms with Crippen LogP contribution in [-0.2, 0) is 11.3 Å². The molecule has 0 amide bonds. The predicted molar refractivity (Wildman–Crippen MR) is 75.0 cm³/mol. The SMILES string of the molecule is CC1(NCc2ccn(C3CCCCC3)n2)CCOC1. The Bertz CT molecular complexity index is 403. The Hall–Kier alpha value is -0.870. The number of hydrogen-bond acceptors (Lipinski definition) is 3. The largest absolute Gasteiger partial charge is 0.379 e. The van der Waals surface area contributed by atoms with Crippen LogP contribution in [0, 0.1) is 0 Å². The quantitative estimate of drug-likeness (QED) is 0.907. The average Bonchev–Trinajstić information content (AvgIpc) is 3.07. The summed E-state index contributed by atoms with van der Waals surface area (Å²) in [5, 5.41) is 8.33. The first-order chi connectivity index (χ1) is 9.25. The van der Waals surface area contributed by atoms with Gasteiger partial charge in [-0.15, -0.1) is 0 Å². The van der Waals surface area contributed by atoms with Gasteiger partial charge in [0.2, 0.25) is 0 Å². The Labute approximate surface area is 115 Å². The summed E-state index contributed by atoms with van der Waals surface area (Å²) in [6.45, 7) is 4.77. The van der Waals surface area contributed by atoms with Gasteiger partial charge in [0.15, 0.2) is 0 Å². The van der Waals surface area contributed by atoms with Crippen molar-refractivity contribution in [1.29, 1.82) is 0 Å². The number of ether oxygens (including phenoxy) is 1. The van der Waals surface area contributed by atoms with Crippen molar-refractivity contribution in [2.24, 2.45) is 0 Å². The third-order valence-corrected chi connectivity index (χ3v) is 4.53. The number of nitrogens with zero attached hydrogens (tertiary/aromatic N) is 2. The van der Waals surface area contributed by atoms with Crippen LogP contribution in [0.5, 0.6) is 0 Å². The van der Waals surface area contributed by atoms with Gasteiger partial charge in [-0.3, -0.25) is 4.68 Å². The molecule has 1 aromatic heterocycles. The predicted octanol–water partition coefficient (Wildman–Crippen LogP) is 2.66. The third kappa shape index (κ3) is 3.18. The molecule has 1 atom stereocenters. The molecule has 106 valence electrons. The molecule has 3 rings (SSSR count). The van der Waals surface area contributed by atoms with E-state index in [9.17, 15) is 0 Å². The number of nitrogens with one attached hydrogen (secondary N) is 1. The van der Waals surface area contributed by atoms with E-state index in [-0.39, 0.29) is 5.54 Å². The summed E-state index contributed by atoms with van der Waals surface area (Å²) >= 11 is 0. The molecule has 2 heterocycles. The fraction of sp³-hybridized carbons (Fsp3) is 0.800. The number of aromatic nitrogens is 2. The fourth-order valence-electron chi connectivity index (χ4n) is 3.13. The molecule has 1 saturated heterocycles. The van der Waals surface area contributed by atoms with Gasteiger partial charge in [-0.05, 0) is 32.3 Å². The highest BCUT2D eigenvalue weighted by Crippen LogP contribution is 2.27. The second-order valence-corrected chi connectivity index (χ2v) is 6.30. The van der Waals surface area contributed by atoms with Gasteiger partial charge >= 0.3 is 0 Å². The molecule has 1 unspecified atom stereocenters. The van der Waals surface area contributed by atoms with Gasteiger partial charge < -0.3 is 10.1 Å². The van der Waals surface area contributed by atoms with Crippen LogP contribution >= 0.6 is 0 Å². The lowest BCUT2D eigenvalue weighted by atomic mass is 9.96. The maximum absolute atomic E-state index is 5.46. The van der Waals surface area contributed by atoms with Crippen molar-refractivity contribution in [3.63, 3.8) is 0 Å². The van der Waals surface area contributed by atoms with E-state index in [0.29, 0.717) is 6.04 Å². The van der Waals surface area contributed by atoms with Crippen molar-refractivity contribution in [1.82, 2.24) is 15.1 Å². The minimum absolute atomic E-state index is 0.134. The first kappa shape index (κ1) is 13.1. The molecule has 4 heteroatoms. The summed E-state index contributed by atoms with van der Waals surface area (Å²) in [6.07, 6.45) is 9.93. The second-order valence-electron chi connectivity index (χ2n) is 6.30. The van der Waals surface area contributed by atoms with Crippen LogP contribution in [0.3, 0.4) is 0 Å². The first-order valence-electron chi connectivity index (χ1n) is 7.62. The molecule has 0 bridgehead atoms. The Balaban J connectivity index is 1.55. The molecular weight excluding hydrogens is 238 g/mol. The highest BCUT2D eigenvalue weighted by molar-refractivity contribution is 5.01. The normalized spacial score (nSPS) is 28.9. The highest BCUT2D eigenvalue weighted by atomic mass is 16.5. The average molecular weight is 263 g/mol. The Morgan fingerprint density at radius 1 is 1.42 bits per heavy atom. The van der Waals surface area contributed by atoms with E-state index in [0.717, 1.165) is 31.9 Å². The third-order valence-electron chi connectivity index (χ3n) is 4.53. The van der Waals surface area contributed by atoms with Gasteiger partial charge in [-0.1, -0.05) is 19.3 Å². The molecule has 0 radical (unpaired) electrons. The van der Waals surface area contributed by atoms with E-state index in [1.54, 1.807) is 0 Å². The van der Waals surface area contributed by atoms with Crippen LogP contribution < -0.4 is 5.32 Å². The van der Waals surface area contributed by atoms with Crippen molar-refractivity contribution in [3.8, 4) is 0 Å². The maximum atomic E-state index is 5.46. The summed E-state index contributed by atoms with van der Waals surface area (Å²) in [5.74, 6) is 0. The lowest BCUT2D eigenvalue weighted by molar-refractivity contribution is 0.171.